The van der Waals surface area contributed by atoms with Gasteiger partial charge in [-0.1, -0.05) is 117 Å². The summed E-state index contributed by atoms with van der Waals surface area (Å²) in [6.07, 6.45) is 0. The summed E-state index contributed by atoms with van der Waals surface area (Å²) in [5.74, 6) is 10.7. The molecule has 10 heteroatoms. The first-order valence-electron chi connectivity index (χ1n) is 11.2. The zero-order chi connectivity index (χ0) is 29.2. The van der Waals surface area contributed by atoms with Crippen LogP contribution in [-0.2, 0) is 11.2 Å². The summed E-state index contributed by atoms with van der Waals surface area (Å²) in [7, 11) is 0. The number of hydrogen-bond acceptors (Lipinski definition) is 2. The van der Waals surface area contributed by atoms with E-state index in [0.29, 0.717) is 20.1 Å². The van der Waals surface area contributed by atoms with E-state index in [4.69, 9.17) is 92.8 Å². The third-order valence-electron chi connectivity index (χ3n) is 5.83. The molecule has 0 aliphatic heterocycles. The largest absolute Gasteiger partial charge is 0.369 e. The van der Waals surface area contributed by atoms with Crippen LogP contribution < -0.4 is 0 Å². The van der Waals surface area contributed by atoms with Gasteiger partial charge in [0.2, 0.25) is 0 Å². The van der Waals surface area contributed by atoms with Crippen molar-refractivity contribution in [2.75, 3.05) is 0 Å². The van der Waals surface area contributed by atoms with Gasteiger partial charge in [-0.3, -0.25) is 0 Å². The average Bonchev–Trinajstić information content (AvgIpc) is 2.86. The van der Waals surface area contributed by atoms with E-state index in [1.807, 2.05) is 0 Å². The van der Waals surface area contributed by atoms with E-state index < -0.39 is 11.2 Å². The molecule has 0 spiro atoms. The molecule has 2 nitrogen and oxygen atoms in total. The van der Waals surface area contributed by atoms with Crippen molar-refractivity contribution in [1.82, 2.24) is 0 Å². The Kier molecular flexibility index (Phi) is 9.84. The zero-order valence-corrected chi connectivity index (χ0v) is 25.9. The van der Waals surface area contributed by atoms with Gasteiger partial charge >= 0.3 is 0 Å². The summed E-state index contributed by atoms with van der Waals surface area (Å²) >= 11 is 50.1. The monoisotopic (exact) mass is 686 g/mol. The fourth-order valence-electron chi connectivity index (χ4n) is 3.93. The van der Waals surface area contributed by atoms with Gasteiger partial charge in [0.1, 0.15) is 0 Å². The lowest BCUT2D eigenvalue weighted by molar-refractivity contribution is 0.144. The molecule has 0 heterocycles. The zero-order valence-electron chi connectivity index (χ0n) is 19.8. The molecular formula is C30H14Cl8O2. The Morgan fingerprint density at radius 3 is 0.825 bits per heavy atom. The Morgan fingerprint density at radius 1 is 0.400 bits per heavy atom. The molecule has 0 radical (unpaired) electrons. The van der Waals surface area contributed by atoms with Gasteiger partial charge in [0.15, 0.2) is 11.2 Å². The Bertz CT molecular complexity index is 1510. The SMILES string of the molecule is OC(C#CC#CC(O)(c1ccc(Cl)cc1Cl)c1ccc(Cl)cc1Cl)(c1ccc(Cl)cc1Cl)c1ccc(Cl)cc1Cl. The third kappa shape index (κ3) is 6.50. The average molecular weight is 690 g/mol. The van der Waals surface area contributed by atoms with Crippen LogP contribution >= 0.6 is 92.8 Å². The highest BCUT2D eigenvalue weighted by Gasteiger charge is 2.35. The van der Waals surface area contributed by atoms with E-state index in [9.17, 15) is 10.2 Å². The summed E-state index contributed by atoms with van der Waals surface area (Å²) < 4.78 is 0. The van der Waals surface area contributed by atoms with Gasteiger partial charge in [-0.15, -0.1) is 0 Å². The van der Waals surface area contributed by atoms with Crippen LogP contribution in [-0.4, -0.2) is 10.2 Å². The standard InChI is InChI=1S/C30H14Cl8O2/c31-17-3-7-21(25(35)13-17)29(39,22-8-4-18(32)14-26(22)36)11-1-2-12-30(40,23-9-5-19(33)15-27(23)37)24-10-6-20(34)16-28(24)38/h3-10,13-16,39-40H. The molecule has 4 aromatic rings. The van der Waals surface area contributed by atoms with E-state index in [0.717, 1.165) is 0 Å². The van der Waals surface area contributed by atoms with E-state index in [1.165, 1.54) is 48.5 Å². The van der Waals surface area contributed by atoms with E-state index in [1.54, 1.807) is 24.3 Å². The van der Waals surface area contributed by atoms with Crippen LogP contribution in [0.5, 0.6) is 0 Å². The summed E-state index contributed by atoms with van der Waals surface area (Å²) in [4.78, 5) is 0. The Morgan fingerprint density at radius 2 is 0.625 bits per heavy atom. The molecule has 2 N–H and O–H groups in total. The molecule has 0 aliphatic rings. The molecule has 0 aliphatic carbocycles. The fraction of sp³-hybridized carbons (Fsp3) is 0.0667. The van der Waals surface area contributed by atoms with Crippen LogP contribution in [0.25, 0.3) is 0 Å². The summed E-state index contributed by atoms with van der Waals surface area (Å²) in [5, 5.41) is 25.7. The van der Waals surface area contributed by atoms with Gasteiger partial charge in [0, 0.05) is 62.4 Å². The predicted molar refractivity (Wildman–Crippen MR) is 167 cm³/mol. The Labute approximate surface area is 271 Å². The highest BCUT2D eigenvalue weighted by molar-refractivity contribution is 6.37. The normalized spacial score (nSPS) is 11.3. The van der Waals surface area contributed by atoms with Crippen molar-refractivity contribution in [3.8, 4) is 23.7 Å². The molecule has 0 unspecified atom stereocenters. The van der Waals surface area contributed by atoms with Crippen LogP contribution in [0, 0.1) is 23.7 Å². The first-order valence-corrected chi connectivity index (χ1v) is 14.2. The smallest absolute Gasteiger partial charge is 0.180 e. The van der Waals surface area contributed by atoms with Crippen LogP contribution in [0.3, 0.4) is 0 Å². The van der Waals surface area contributed by atoms with Crippen molar-refractivity contribution < 1.29 is 10.2 Å². The molecule has 0 bridgehead atoms. The number of rotatable bonds is 4. The molecule has 0 amide bonds. The minimum Gasteiger partial charge on any atom is -0.369 e. The Hall–Kier alpha value is -1.76. The number of hydrogen-bond donors (Lipinski definition) is 2. The topological polar surface area (TPSA) is 40.5 Å². The highest BCUT2D eigenvalue weighted by atomic mass is 35.5. The van der Waals surface area contributed by atoms with Gasteiger partial charge in [-0.2, -0.15) is 0 Å². The summed E-state index contributed by atoms with van der Waals surface area (Å²) in [5.41, 5.74) is -3.26. The quantitative estimate of drug-likeness (QED) is 0.210. The molecule has 0 aromatic heterocycles. The Balaban J connectivity index is 1.92. The molecule has 4 rings (SSSR count). The van der Waals surface area contributed by atoms with Gasteiger partial charge in [0.25, 0.3) is 0 Å². The van der Waals surface area contributed by atoms with E-state index in [-0.39, 0.29) is 42.3 Å². The van der Waals surface area contributed by atoms with E-state index >= 15 is 0 Å². The van der Waals surface area contributed by atoms with E-state index in [2.05, 4.69) is 23.7 Å². The molecular weight excluding hydrogens is 676 g/mol. The molecule has 0 saturated carbocycles. The van der Waals surface area contributed by atoms with Crippen LogP contribution in [0.15, 0.2) is 72.8 Å². The number of aliphatic hydroxyl groups is 2. The lowest BCUT2D eigenvalue weighted by Crippen LogP contribution is -2.27. The minimum atomic E-state index is -2.04. The maximum atomic E-state index is 11.9. The first kappa shape index (κ1) is 31.2. The van der Waals surface area contributed by atoms with Crippen molar-refractivity contribution in [3.63, 3.8) is 0 Å². The van der Waals surface area contributed by atoms with Crippen molar-refractivity contribution in [2.45, 2.75) is 11.2 Å². The first-order chi connectivity index (χ1) is 18.8. The highest BCUT2D eigenvalue weighted by Crippen LogP contribution is 2.41. The van der Waals surface area contributed by atoms with Crippen LogP contribution in [0.2, 0.25) is 40.2 Å². The van der Waals surface area contributed by atoms with Crippen molar-refractivity contribution >= 4 is 92.8 Å². The fourth-order valence-corrected chi connectivity index (χ4v) is 6.12. The van der Waals surface area contributed by atoms with Crippen molar-refractivity contribution in [1.29, 1.82) is 0 Å². The molecule has 0 fully saturated rings. The van der Waals surface area contributed by atoms with Crippen LogP contribution in [0.4, 0.5) is 0 Å². The lowest BCUT2D eigenvalue weighted by atomic mass is 9.86. The van der Waals surface area contributed by atoms with Crippen LogP contribution in [0.1, 0.15) is 22.3 Å². The molecule has 202 valence electrons. The van der Waals surface area contributed by atoms with Gasteiger partial charge < -0.3 is 10.2 Å². The van der Waals surface area contributed by atoms with Gasteiger partial charge in [0.05, 0.1) is 0 Å². The van der Waals surface area contributed by atoms with Gasteiger partial charge in [-0.05, 0) is 72.2 Å². The second-order valence-corrected chi connectivity index (χ2v) is 11.8. The summed E-state index contributed by atoms with van der Waals surface area (Å²) in [6.45, 7) is 0. The van der Waals surface area contributed by atoms with Crippen molar-refractivity contribution in [2.24, 2.45) is 0 Å². The van der Waals surface area contributed by atoms with Gasteiger partial charge in [-0.25, -0.2) is 0 Å². The minimum absolute atomic E-state index is 0.140. The maximum absolute atomic E-state index is 11.9. The summed E-state index contributed by atoms with van der Waals surface area (Å²) in [6, 6.07) is 18.1. The second-order valence-electron chi connectivity index (χ2n) is 8.42. The lowest BCUT2D eigenvalue weighted by Gasteiger charge is -2.26. The van der Waals surface area contributed by atoms with Crippen molar-refractivity contribution in [3.05, 3.63) is 135 Å². The molecule has 40 heavy (non-hydrogen) atoms. The number of halogens is 8. The molecule has 4 aromatic carbocycles. The second kappa shape index (κ2) is 12.6. The molecule has 0 saturated heterocycles. The number of benzene rings is 4. The predicted octanol–water partition coefficient (Wildman–Crippen LogP) is 10.1. The molecule has 0 atom stereocenters. The maximum Gasteiger partial charge on any atom is 0.180 e. The third-order valence-corrected chi connectivity index (χ3v) is 8.02.